The lowest BCUT2D eigenvalue weighted by molar-refractivity contribution is -0.0360. The van der Waals surface area contributed by atoms with Gasteiger partial charge in [-0.3, -0.25) is 4.79 Å². The van der Waals surface area contributed by atoms with Gasteiger partial charge in [0.2, 0.25) is 5.95 Å². The summed E-state index contributed by atoms with van der Waals surface area (Å²) in [4.78, 5) is 24.7. The molecule has 0 bridgehead atoms. The molecule has 4 rings (SSSR count). The van der Waals surface area contributed by atoms with Crippen molar-refractivity contribution in [3.8, 4) is 0 Å². The summed E-state index contributed by atoms with van der Waals surface area (Å²) < 4.78 is 13.7. The molecule has 2 aromatic heterocycles. The summed E-state index contributed by atoms with van der Waals surface area (Å²) in [5.41, 5.74) is 5.96. The number of aromatic nitrogens is 4. The van der Waals surface area contributed by atoms with E-state index in [-0.39, 0.29) is 24.8 Å². The van der Waals surface area contributed by atoms with Gasteiger partial charge in [0.1, 0.15) is 30.3 Å². The number of nitrogen functional groups attached to an aromatic ring is 1. The number of nitrogens with zero attached hydrogens (tertiary/aromatic N) is 6. The number of fused-ring (bicyclic) bond motifs is 1. The van der Waals surface area contributed by atoms with E-state index in [0.717, 1.165) is 0 Å². The van der Waals surface area contributed by atoms with Crippen molar-refractivity contribution in [2.24, 2.45) is 0 Å². The molecule has 2 aliphatic rings. The van der Waals surface area contributed by atoms with E-state index in [0.29, 0.717) is 11.5 Å². The second-order valence-electron chi connectivity index (χ2n) is 6.45. The van der Waals surface area contributed by atoms with Crippen LogP contribution in [0.25, 0.3) is 0 Å². The van der Waals surface area contributed by atoms with E-state index in [2.05, 4.69) is 9.97 Å². The van der Waals surface area contributed by atoms with Crippen LogP contribution in [-0.2, 0) is 9.47 Å². The Balaban J connectivity index is 1.77. The maximum Gasteiger partial charge on any atom is 0.300 e. The van der Waals surface area contributed by atoms with E-state index in [1.165, 1.54) is 29.0 Å². The second-order valence-corrected chi connectivity index (χ2v) is 6.45. The number of ether oxygens (including phenoxy) is 2. The van der Waals surface area contributed by atoms with Gasteiger partial charge in [0.15, 0.2) is 12.0 Å². The second kappa shape index (κ2) is 6.49. The maximum absolute atomic E-state index is 13.0. The molecular weight excluding hydrogens is 358 g/mol. The third-order valence-corrected chi connectivity index (χ3v) is 4.85. The number of hydrogen-bond donors (Lipinski definition) is 3. The number of aliphatic hydroxyl groups excluding tert-OH is 2. The van der Waals surface area contributed by atoms with Crippen LogP contribution in [0.1, 0.15) is 0 Å². The fourth-order valence-electron chi connectivity index (χ4n) is 3.62. The number of anilines is 3. The topological polar surface area (TPSA) is 144 Å². The molecule has 12 heteroatoms. The molecule has 2 aliphatic heterocycles. The van der Waals surface area contributed by atoms with Crippen LogP contribution in [0, 0.1) is 0 Å². The van der Waals surface area contributed by atoms with Crippen LogP contribution in [0.2, 0.25) is 0 Å². The fourth-order valence-corrected chi connectivity index (χ4v) is 3.62. The number of hydrogen-bond acceptors (Lipinski definition) is 10. The summed E-state index contributed by atoms with van der Waals surface area (Å²) in [5, 5.41) is 20.1. The lowest BCUT2D eigenvalue weighted by Gasteiger charge is -2.27. The predicted molar refractivity (Wildman–Crippen MR) is 94.2 cm³/mol. The Kier molecular flexibility index (Phi) is 4.26. The van der Waals surface area contributed by atoms with Crippen molar-refractivity contribution in [2.75, 3.05) is 43.0 Å². The van der Waals surface area contributed by atoms with E-state index >= 15 is 0 Å². The normalized spacial score (nSPS) is 27.4. The quantitative estimate of drug-likeness (QED) is 0.527. The van der Waals surface area contributed by atoms with E-state index in [1.54, 1.807) is 23.0 Å². The van der Waals surface area contributed by atoms with Crippen molar-refractivity contribution in [3.05, 3.63) is 29.1 Å². The Hall–Kier alpha value is -2.67. The van der Waals surface area contributed by atoms with Gasteiger partial charge in [-0.05, 0) is 0 Å². The van der Waals surface area contributed by atoms with Crippen molar-refractivity contribution in [3.63, 3.8) is 0 Å². The van der Waals surface area contributed by atoms with Crippen LogP contribution in [0.5, 0.6) is 0 Å². The molecule has 0 unspecified atom stereocenters. The highest BCUT2D eigenvalue weighted by Gasteiger charge is 2.49. The van der Waals surface area contributed by atoms with Gasteiger partial charge in [-0.2, -0.15) is 9.66 Å². The molecule has 0 saturated carbocycles. The van der Waals surface area contributed by atoms with E-state index in [4.69, 9.17) is 15.2 Å². The van der Waals surface area contributed by atoms with Crippen LogP contribution in [0.15, 0.2) is 23.5 Å². The van der Waals surface area contributed by atoms with Gasteiger partial charge in [-0.1, -0.05) is 0 Å². The number of aliphatic hydroxyl groups is 2. The van der Waals surface area contributed by atoms with Crippen LogP contribution in [0.4, 0.5) is 17.5 Å². The molecule has 0 radical (unpaired) electrons. The first-order valence-electron chi connectivity index (χ1n) is 8.34. The summed E-state index contributed by atoms with van der Waals surface area (Å²) in [5.74, 6) is 0.264. The monoisotopic (exact) mass is 379 g/mol. The minimum Gasteiger partial charge on any atom is -0.394 e. The average molecular weight is 379 g/mol. The first-order chi connectivity index (χ1) is 13.0. The van der Waals surface area contributed by atoms with Crippen LogP contribution >= 0.6 is 0 Å². The van der Waals surface area contributed by atoms with Crippen molar-refractivity contribution >= 4 is 17.5 Å². The lowest BCUT2D eigenvalue weighted by atomic mass is 10.1. The molecule has 4 N–H and O–H groups in total. The fraction of sp³-hybridized carbons (Fsp3) is 0.533. The average Bonchev–Trinajstić information content (AvgIpc) is 3.33. The first kappa shape index (κ1) is 17.7. The lowest BCUT2D eigenvalue weighted by Crippen LogP contribution is -2.46. The molecule has 27 heavy (non-hydrogen) atoms. The van der Waals surface area contributed by atoms with Crippen molar-refractivity contribution < 1.29 is 19.7 Å². The van der Waals surface area contributed by atoms with Gasteiger partial charge >= 0.3 is 0 Å². The highest BCUT2D eigenvalue weighted by Crippen LogP contribution is 2.36. The summed E-state index contributed by atoms with van der Waals surface area (Å²) in [7, 11) is 3.17. The van der Waals surface area contributed by atoms with Gasteiger partial charge in [-0.15, -0.1) is 0 Å². The molecule has 1 fully saturated rings. The molecule has 146 valence electrons. The van der Waals surface area contributed by atoms with Gasteiger partial charge < -0.3 is 35.2 Å². The zero-order chi connectivity index (χ0) is 19.3. The van der Waals surface area contributed by atoms with E-state index in [9.17, 15) is 15.0 Å². The maximum atomic E-state index is 13.0. The number of nitrogens with two attached hydrogens (primary N) is 1. The molecule has 0 spiro atoms. The number of methoxy groups -OCH3 is 1. The summed E-state index contributed by atoms with van der Waals surface area (Å²) in [6, 6.07) is 0. The molecule has 4 atom stereocenters. The Morgan fingerprint density at radius 1 is 1.48 bits per heavy atom. The zero-order valence-corrected chi connectivity index (χ0v) is 14.8. The Morgan fingerprint density at radius 2 is 2.26 bits per heavy atom. The van der Waals surface area contributed by atoms with Crippen molar-refractivity contribution in [2.45, 2.75) is 24.5 Å². The minimum absolute atomic E-state index is 0.0356. The Morgan fingerprint density at radius 3 is 2.85 bits per heavy atom. The summed E-state index contributed by atoms with van der Waals surface area (Å²) in [6.07, 6.45) is 1.29. The largest absolute Gasteiger partial charge is 0.394 e. The third-order valence-electron chi connectivity index (χ3n) is 4.85. The van der Waals surface area contributed by atoms with Crippen LogP contribution < -0.4 is 21.1 Å². The molecule has 4 heterocycles. The molecule has 1 saturated heterocycles. The highest BCUT2D eigenvalue weighted by atomic mass is 16.6. The van der Waals surface area contributed by atoms with Gasteiger partial charge in [0.25, 0.3) is 5.56 Å². The molecule has 0 aromatic carbocycles. The Bertz CT molecular complexity index is 885. The van der Waals surface area contributed by atoms with E-state index < -0.39 is 24.5 Å². The van der Waals surface area contributed by atoms with Crippen molar-refractivity contribution in [1.29, 1.82) is 0 Å². The zero-order valence-electron chi connectivity index (χ0n) is 14.8. The minimum atomic E-state index is -1.04. The number of imidazole rings is 1. The van der Waals surface area contributed by atoms with Gasteiger partial charge in [0, 0.05) is 26.6 Å². The third kappa shape index (κ3) is 2.56. The van der Waals surface area contributed by atoms with Crippen molar-refractivity contribution in [1.82, 2.24) is 19.3 Å². The van der Waals surface area contributed by atoms with Crippen LogP contribution in [0.3, 0.4) is 0 Å². The SMILES string of the molecule is CO[C@H]1[C@@H](O)[C@H](N2CN(C)c3c2nc(N)n(-n2ccnc2)c3=O)O[C@@H]1CO. The molecule has 0 amide bonds. The van der Waals surface area contributed by atoms with Gasteiger partial charge in [0.05, 0.1) is 13.3 Å². The smallest absolute Gasteiger partial charge is 0.300 e. The standard InChI is InChI=1S/C15H21N7O5/c1-19-7-21(14-10(24)11(26-2)8(5-23)27-14)12-9(19)13(25)22(15(16)18-12)20-4-3-17-6-20/h3-4,6,8,10-11,14,23-24H,5,7H2,1-2H3,(H2,16,18)/t8-,10-,11-,14-/m1/s1. The van der Waals surface area contributed by atoms with E-state index in [1.807, 2.05) is 0 Å². The molecule has 0 aliphatic carbocycles. The molecule has 2 aromatic rings. The number of rotatable bonds is 4. The predicted octanol–water partition coefficient (Wildman–Crippen LogP) is -2.36. The molecular formula is C15H21N7O5. The summed E-state index contributed by atoms with van der Waals surface area (Å²) >= 11 is 0. The summed E-state index contributed by atoms with van der Waals surface area (Å²) in [6.45, 7) is -0.0539. The first-order valence-corrected chi connectivity index (χ1v) is 8.34. The van der Waals surface area contributed by atoms with Gasteiger partial charge in [-0.25, -0.2) is 9.66 Å². The molecule has 12 nitrogen and oxygen atoms in total. The Labute approximate surface area is 153 Å². The van der Waals surface area contributed by atoms with Crippen LogP contribution in [-0.4, -0.2) is 81.5 Å². The highest BCUT2D eigenvalue weighted by molar-refractivity contribution is 5.72.